The Hall–Kier alpha value is -2.40. The Balaban J connectivity index is 2.25. The number of sulfone groups is 1. The average molecular weight is 284 g/mol. The van der Waals surface area contributed by atoms with E-state index >= 15 is 0 Å². The van der Waals surface area contributed by atoms with Gasteiger partial charge in [-0.1, -0.05) is 30.3 Å². The van der Waals surface area contributed by atoms with Gasteiger partial charge in [0.15, 0.2) is 0 Å². The van der Waals surface area contributed by atoms with Crippen LogP contribution in [0.2, 0.25) is 0 Å². The molecule has 2 N–H and O–H groups in total. The number of anilines is 1. The van der Waals surface area contributed by atoms with Crippen molar-refractivity contribution >= 4 is 26.6 Å². The van der Waals surface area contributed by atoms with Gasteiger partial charge < -0.3 is 5.73 Å². The summed E-state index contributed by atoms with van der Waals surface area (Å²) in [6.07, 6.45) is 2.91. The van der Waals surface area contributed by atoms with Crippen LogP contribution in [0.3, 0.4) is 0 Å². The molecule has 3 rings (SSSR count). The Morgan fingerprint density at radius 3 is 2.60 bits per heavy atom. The molecule has 2 aromatic carbocycles. The van der Waals surface area contributed by atoms with E-state index in [9.17, 15) is 8.42 Å². The fraction of sp³-hybridized carbons (Fsp3) is 0. The number of nitrogen functional groups attached to an aromatic ring is 1. The molecular weight excluding hydrogens is 272 g/mol. The summed E-state index contributed by atoms with van der Waals surface area (Å²) in [4.78, 5) is 4.51. The van der Waals surface area contributed by atoms with Gasteiger partial charge in [-0.25, -0.2) is 8.42 Å². The van der Waals surface area contributed by atoms with E-state index in [0.717, 1.165) is 0 Å². The van der Waals surface area contributed by atoms with Crippen LogP contribution in [0.5, 0.6) is 0 Å². The van der Waals surface area contributed by atoms with E-state index < -0.39 is 9.84 Å². The minimum absolute atomic E-state index is 0.158. The number of hydrogen-bond acceptors (Lipinski definition) is 4. The summed E-state index contributed by atoms with van der Waals surface area (Å²) in [5.74, 6) is 0. The van der Waals surface area contributed by atoms with Gasteiger partial charge >= 0.3 is 0 Å². The minimum Gasteiger partial charge on any atom is -0.399 e. The van der Waals surface area contributed by atoms with Gasteiger partial charge in [0.25, 0.3) is 0 Å². The number of fused-ring (bicyclic) bond motifs is 1. The second-order valence-corrected chi connectivity index (χ2v) is 6.32. The molecule has 1 heterocycles. The van der Waals surface area contributed by atoms with Crippen LogP contribution in [-0.4, -0.2) is 14.6 Å². The van der Waals surface area contributed by atoms with Crippen molar-refractivity contribution in [3.8, 4) is 0 Å². The second kappa shape index (κ2) is 4.61. The largest absolute Gasteiger partial charge is 0.399 e. The summed E-state index contributed by atoms with van der Waals surface area (Å²) < 4.78 is 25.5. The molecule has 2 aromatic rings. The van der Waals surface area contributed by atoms with Gasteiger partial charge in [-0.05, 0) is 23.8 Å². The summed E-state index contributed by atoms with van der Waals surface area (Å²) in [5.41, 5.74) is 7.37. The van der Waals surface area contributed by atoms with Crippen molar-refractivity contribution in [3.05, 3.63) is 65.9 Å². The highest BCUT2D eigenvalue weighted by Crippen LogP contribution is 2.31. The van der Waals surface area contributed by atoms with Crippen molar-refractivity contribution in [3.63, 3.8) is 0 Å². The highest BCUT2D eigenvalue weighted by atomic mass is 32.2. The summed E-state index contributed by atoms with van der Waals surface area (Å²) in [7, 11) is -3.61. The van der Waals surface area contributed by atoms with Crippen molar-refractivity contribution in [1.82, 2.24) is 0 Å². The van der Waals surface area contributed by atoms with Crippen LogP contribution in [-0.2, 0) is 9.84 Å². The Morgan fingerprint density at radius 1 is 1.00 bits per heavy atom. The van der Waals surface area contributed by atoms with E-state index in [0.29, 0.717) is 16.8 Å². The zero-order chi connectivity index (χ0) is 14.2. The van der Waals surface area contributed by atoms with Crippen LogP contribution in [0.4, 0.5) is 5.69 Å². The number of rotatable bonds is 1. The third kappa shape index (κ3) is 2.02. The molecule has 0 bridgehead atoms. The molecule has 0 aliphatic carbocycles. The molecule has 4 nitrogen and oxygen atoms in total. The van der Waals surface area contributed by atoms with Crippen LogP contribution in [0.25, 0.3) is 4.91 Å². The zero-order valence-electron chi connectivity index (χ0n) is 10.5. The first-order valence-electron chi connectivity index (χ1n) is 6.02. The molecule has 1 aliphatic heterocycles. The zero-order valence-corrected chi connectivity index (χ0v) is 11.3. The van der Waals surface area contributed by atoms with Crippen LogP contribution in [0.15, 0.2) is 64.6 Å². The molecule has 0 saturated carbocycles. The van der Waals surface area contributed by atoms with E-state index in [1.807, 2.05) is 0 Å². The van der Waals surface area contributed by atoms with Gasteiger partial charge in [0.2, 0.25) is 9.84 Å². The van der Waals surface area contributed by atoms with E-state index in [4.69, 9.17) is 5.73 Å². The molecule has 0 aromatic heterocycles. The Morgan fingerprint density at radius 2 is 1.80 bits per heavy atom. The monoisotopic (exact) mass is 284 g/mol. The lowest BCUT2D eigenvalue weighted by molar-refractivity contribution is 0.606. The first kappa shape index (κ1) is 12.6. The normalized spacial score (nSPS) is 16.1. The van der Waals surface area contributed by atoms with Gasteiger partial charge in [-0.2, -0.15) is 0 Å². The smallest absolute Gasteiger partial charge is 0.209 e. The van der Waals surface area contributed by atoms with Gasteiger partial charge in [0, 0.05) is 23.7 Å². The number of benzene rings is 2. The number of hydrogen-bond donors (Lipinski definition) is 1. The Labute approximate surface area is 117 Å². The van der Waals surface area contributed by atoms with Crippen molar-refractivity contribution in [1.29, 1.82) is 0 Å². The van der Waals surface area contributed by atoms with Crippen molar-refractivity contribution < 1.29 is 8.42 Å². The lowest BCUT2D eigenvalue weighted by atomic mass is 10.2. The second-order valence-electron chi connectivity index (χ2n) is 4.44. The fourth-order valence-electron chi connectivity index (χ4n) is 2.13. The van der Waals surface area contributed by atoms with E-state index in [1.165, 1.54) is 6.20 Å². The summed E-state index contributed by atoms with van der Waals surface area (Å²) in [5, 5.41) is 0. The molecule has 100 valence electrons. The lowest BCUT2D eigenvalue weighted by Gasteiger charge is -2.09. The first-order chi connectivity index (χ1) is 9.59. The molecule has 0 unspecified atom stereocenters. The molecule has 20 heavy (non-hydrogen) atoms. The summed E-state index contributed by atoms with van der Waals surface area (Å²) in [6.45, 7) is 0. The third-order valence-corrected chi connectivity index (χ3v) is 4.95. The quantitative estimate of drug-likeness (QED) is 0.818. The molecule has 0 radical (unpaired) electrons. The topological polar surface area (TPSA) is 72.5 Å². The number of aliphatic imine (C=N–C) groups is 1. The standard InChI is InChI=1S/C15H12N2O2S/c16-13-6-3-5-11(8-13)15-10-17-9-12-4-1-2-7-14(12)20(15,18)19/h1-10H,16H2. The van der Waals surface area contributed by atoms with Gasteiger partial charge in [-0.15, -0.1) is 0 Å². The molecule has 0 atom stereocenters. The molecule has 5 heteroatoms. The number of nitrogens with zero attached hydrogens (tertiary/aromatic N) is 1. The molecule has 0 spiro atoms. The van der Waals surface area contributed by atoms with E-state index in [2.05, 4.69) is 4.99 Å². The summed E-state index contributed by atoms with van der Waals surface area (Å²) in [6, 6.07) is 13.6. The highest BCUT2D eigenvalue weighted by Gasteiger charge is 2.26. The molecule has 0 saturated heterocycles. The van der Waals surface area contributed by atoms with Crippen LogP contribution in [0, 0.1) is 0 Å². The van der Waals surface area contributed by atoms with Crippen LogP contribution >= 0.6 is 0 Å². The minimum atomic E-state index is -3.61. The van der Waals surface area contributed by atoms with Gasteiger partial charge in [-0.3, -0.25) is 4.99 Å². The Bertz CT molecular complexity index is 836. The van der Waals surface area contributed by atoms with E-state index in [1.54, 1.807) is 54.7 Å². The predicted molar refractivity (Wildman–Crippen MR) is 80.1 cm³/mol. The molecule has 0 amide bonds. The van der Waals surface area contributed by atoms with Crippen LogP contribution in [0.1, 0.15) is 11.1 Å². The first-order valence-corrected chi connectivity index (χ1v) is 7.51. The SMILES string of the molecule is Nc1cccc(C2=CN=Cc3ccccc3S2(=O)=O)c1. The van der Waals surface area contributed by atoms with Crippen LogP contribution < -0.4 is 5.73 Å². The molecule has 1 aliphatic rings. The Kier molecular flexibility index (Phi) is 2.91. The maximum Gasteiger partial charge on any atom is 0.209 e. The third-order valence-electron chi connectivity index (χ3n) is 3.07. The van der Waals surface area contributed by atoms with Gasteiger partial charge in [0.05, 0.1) is 9.80 Å². The van der Waals surface area contributed by atoms with Crippen molar-refractivity contribution in [2.24, 2.45) is 4.99 Å². The average Bonchev–Trinajstić information content (AvgIpc) is 2.56. The predicted octanol–water partition coefficient (Wildman–Crippen LogP) is 2.47. The van der Waals surface area contributed by atoms with Gasteiger partial charge in [0.1, 0.15) is 0 Å². The van der Waals surface area contributed by atoms with Crippen molar-refractivity contribution in [2.45, 2.75) is 4.90 Å². The highest BCUT2D eigenvalue weighted by molar-refractivity contribution is 8.00. The number of nitrogens with two attached hydrogens (primary N) is 1. The molecular formula is C15H12N2O2S. The summed E-state index contributed by atoms with van der Waals surface area (Å²) >= 11 is 0. The van der Waals surface area contributed by atoms with E-state index in [-0.39, 0.29) is 9.80 Å². The maximum absolute atomic E-state index is 12.7. The molecule has 0 fully saturated rings. The maximum atomic E-state index is 12.7. The lowest BCUT2D eigenvalue weighted by Crippen LogP contribution is -2.06. The van der Waals surface area contributed by atoms with Crippen molar-refractivity contribution in [2.75, 3.05) is 5.73 Å². The fourth-order valence-corrected chi connectivity index (χ4v) is 3.69.